The molecule has 2 unspecified atom stereocenters. The molecule has 13 heavy (non-hydrogen) atoms. The Bertz CT molecular complexity index is 194. The molecular weight excluding hydrogens is 172 g/mol. The van der Waals surface area contributed by atoms with Gasteiger partial charge >= 0.3 is 5.97 Å². The van der Waals surface area contributed by atoms with E-state index in [1.54, 1.807) is 14.0 Å². The molecule has 2 atom stereocenters. The molecule has 5 nitrogen and oxygen atoms in total. The van der Waals surface area contributed by atoms with E-state index in [-0.39, 0.29) is 5.91 Å². The second-order valence-corrected chi connectivity index (χ2v) is 2.70. The molecular formula is C8H16N2O3. The standard InChI is InChI=1S/C8H16N2O3/c1-5(13-6(2)11)7(9-3)8(12)10-4/h5,7,9H,1-4H3,(H,10,12). The maximum atomic E-state index is 11.2. The molecule has 0 heterocycles. The summed E-state index contributed by atoms with van der Waals surface area (Å²) in [4.78, 5) is 21.8. The van der Waals surface area contributed by atoms with E-state index in [0.29, 0.717) is 0 Å². The van der Waals surface area contributed by atoms with E-state index < -0.39 is 18.1 Å². The monoisotopic (exact) mass is 188 g/mol. The van der Waals surface area contributed by atoms with Crippen molar-refractivity contribution in [2.45, 2.75) is 26.0 Å². The van der Waals surface area contributed by atoms with Crippen molar-refractivity contribution >= 4 is 11.9 Å². The first-order valence-electron chi connectivity index (χ1n) is 4.09. The van der Waals surface area contributed by atoms with Gasteiger partial charge in [-0.25, -0.2) is 0 Å². The van der Waals surface area contributed by atoms with Gasteiger partial charge in [0.25, 0.3) is 0 Å². The van der Waals surface area contributed by atoms with Gasteiger partial charge in [0, 0.05) is 14.0 Å². The lowest BCUT2D eigenvalue weighted by Gasteiger charge is -2.21. The van der Waals surface area contributed by atoms with Gasteiger partial charge in [0.1, 0.15) is 12.1 Å². The fourth-order valence-electron chi connectivity index (χ4n) is 1.06. The van der Waals surface area contributed by atoms with Crippen LogP contribution in [0.4, 0.5) is 0 Å². The van der Waals surface area contributed by atoms with E-state index in [1.165, 1.54) is 14.0 Å². The summed E-state index contributed by atoms with van der Waals surface area (Å²) in [5.74, 6) is -0.590. The minimum absolute atomic E-state index is 0.198. The summed E-state index contributed by atoms with van der Waals surface area (Å²) in [6, 6.07) is -0.506. The van der Waals surface area contributed by atoms with Crippen molar-refractivity contribution in [3.63, 3.8) is 0 Å². The van der Waals surface area contributed by atoms with Gasteiger partial charge in [-0.3, -0.25) is 9.59 Å². The largest absolute Gasteiger partial charge is 0.461 e. The number of carbonyl (C=O) groups is 2. The van der Waals surface area contributed by atoms with Gasteiger partial charge in [0.05, 0.1) is 0 Å². The average molecular weight is 188 g/mol. The third-order valence-corrected chi connectivity index (χ3v) is 1.66. The molecule has 0 aliphatic heterocycles. The van der Waals surface area contributed by atoms with Crippen LogP contribution in [0, 0.1) is 0 Å². The molecule has 0 aliphatic carbocycles. The van der Waals surface area contributed by atoms with Gasteiger partial charge in [-0.1, -0.05) is 0 Å². The van der Waals surface area contributed by atoms with Crippen LogP contribution in [-0.4, -0.2) is 38.1 Å². The Balaban J connectivity index is 4.22. The first-order chi connectivity index (χ1) is 6.02. The first-order valence-corrected chi connectivity index (χ1v) is 4.09. The van der Waals surface area contributed by atoms with E-state index in [4.69, 9.17) is 4.74 Å². The molecule has 0 radical (unpaired) electrons. The highest BCUT2D eigenvalue weighted by Crippen LogP contribution is 1.98. The predicted molar refractivity (Wildman–Crippen MR) is 48.1 cm³/mol. The highest BCUT2D eigenvalue weighted by atomic mass is 16.5. The van der Waals surface area contributed by atoms with E-state index in [1.807, 2.05) is 0 Å². The van der Waals surface area contributed by atoms with E-state index in [9.17, 15) is 9.59 Å². The number of hydrogen-bond donors (Lipinski definition) is 2. The molecule has 0 rings (SSSR count). The number of carbonyl (C=O) groups excluding carboxylic acids is 2. The van der Waals surface area contributed by atoms with E-state index in [0.717, 1.165) is 0 Å². The minimum Gasteiger partial charge on any atom is -0.461 e. The number of nitrogens with one attached hydrogen (secondary N) is 2. The third kappa shape index (κ3) is 3.89. The van der Waals surface area contributed by atoms with Crippen LogP contribution in [-0.2, 0) is 14.3 Å². The second kappa shape index (κ2) is 5.53. The molecule has 5 heteroatoms. The maximum Gasteiger partial charge on any atom is 0.302 e. The van der Waals surface area contributed by atoms with E-state index in [2.05, 4.69) is 10.6 Å². The predicted octanol–water partition coefficient (Wildman–Crippen LogP) is -0.728. The molecule has 0 aromatic rings. The summed E-state index contributed by atoms with van der Waals surface area (Å²) in [6.45, 7) is 2.98. The minimum atomic E-state index is -0.506. The maximum absolute atomic E-state index is 11.2. The molecule has 0 saturated carbocycles. The summed E-state index contributed by atoms with van der Waals surface area (Å²) in [5, 5.41) is 5.25. The number of amides is 1. The van der Waals surface area contributed by atoms with Crippen LogP contribution in [0.2, 0.25) is 0 Å². The van der Waals surface area contributed by atoms with Crippen molar-refractivity contribution in [1.82, 2.24) is 10.6 Å². The van der Waals surface area contributed by atoms with Crippen molar-refractivity contribution in [2.75, 3.05) is 14.1 Å². The fourth-order valence-corrected chi connectivity index (χ4v) is 1.06. The Morgan fingerprint density at radius 3 is 2.15 bits per heavy atom. The zero-order valence-electron chi connectivity index (χ0n) is 8.38. The van der Waals surface area contributed by atoms with Crippen LogP contribution in [0.1, 0.15) is 13.8 Å². The van der Waals surface area contributed by atoms with Crippen LogP contribution in [0.5, 0.6) is 0 Å². The van der Waals surface area contributed by atoms with Gasteiger partial charge in [0.15, 0.2) is 0 Å². The van der Waals surface area contributed by atoms with Gasteiger partial charge < -0.3 is 15.4 Å². The highest BCUT2D eigenvalue weighted by molar-refractivity contribution is 5.82. The first kappa shape index (κ1) is 11.9. The van der Waals surface area contributed by atoms with Crippen LogP contribution in [0.15, 0.2) is 0 Å². The number of esters is 1. The zero-order chi connectivity index (χ0) is 10.4. The summed E-state index contributed by atoms with van der Waals surface area (Å²) in [5.41, 5.74) is 0. The number of hydrogen-bond acceptors (Lipinski definition) is 4. The van der Waals surface area contributed by atoms with Gasteiger partial charge in [0.2, 0.25) is 5.91 Å². The highest BCUT2D eigenvalue weighted by Gasteiger charge is 2.24. The lowest BCUT2D eigenvalue weighted by atomic mass is 10.1. The summed E-state index contributed by atoms with van der Waals surface area (Å²) in [7, 11) is 3.17. The molecule has 0 spiro atoms. The van der Waals surface area contributed by atoms with Crippen molar-refractivity contribution in [3.8, 4) is 0 Å². The molecule has 1 amide bonds. The summed E-state index contributed by atoms with van der Waals surface area (Å²) < 4.78 is 4.86. The van der Waals surface area contributed by atoms with Crippen LogP contribution in [0.25, 0.3) is 0 Å². The molecule has 0 aromatic heterocycles. The van der Waals surface area contributed by atoms with Crippen molar-refractivity contribution in [3.05, 3.63) is 0 Å². The van der Waals surface area contributed by atoms with E-state index >= 15 is 0 Å². The second-order valence-electron chi connectivity index (χ2n) is 2.70. The molecule has 0 aliphatic rings. The number of likely N-dealkylation sites (N-methyl/N-ethyl adjacent to an activating group) is 2. The van der Waals surface area contributed by atoms with Crippen LogP contribution < -0.4 is 10.6 Å². The zero-order valence-corrected chi connectivity index (χ0v) is 8.38. The lowest BCUT2D eigenvalue weighted by Crippen LogP contribution is -2.49. The molecule has 76 valence electrons. The molecule has 0 aromatic carbocycles. The van der Waals surface area contributed by atoms with Gasteiger partial charge in [-0.15, -0.1) is 0 Å². The number of rotatable bonds is 4. The molecule has 0 bridgehead atoms. The Labute approximate surface area is 77.8 Å². The fraction of sp³-hybridized carbons (Fsp3) is 0.750. The SMILES string of the molecule is CNC(=O)C(NC)C(C)OC(C)=O. The quantitative estimate of drug-likeness (QED) is 0.571. The third-order valence-electron chi connectivity index (χ3n) is 1.66. The van der Waals surface area contributed by atoms with Crippen molar-refractivity contribution in [2.24, 2.45) is 0 Å². The van der Waals surface area contributed by atoms with Crippen molar-refractivity contribution < 1.29 is 14.3 Å². The topological polar surface area (TPSA) is 67.4 Å². The molecule has 2 N–H and O–H groups in total. The Hall–Kier alpha value is -1.10. The summed E-state index contributed by atoms with van der Waals surface area (Å²) in [6.07, 6.45) is -0.470. The lowest BCUT2D eigenvalue weighted by molar-refractivity contribution is -0.148. The van der Waals surface area contributed by atoms with Crippen LogP contribution >= 0.6 is 0 Å². The van der Waals surface area contributed by atoms with Gasteiger partial charge in [-0.05, 0) is 14.0 Å². The van der Waals surface area contributed by atoms with Gasteiger partial charge in [-0.2, -0.15) is 0 Å². The Kier molecular flexibility index (Phi) is 5.06. The molecule has 0 saturated heterocycles. The van der Waals surface area contributed by atoms with Crippen LogP contribution in [0.3, 0.4) is 0 Å². The Morgan fingerprint density at radius 1 is 1.31 bits per heavy atom. The summed E-state index contributed by atoms with van der Waals surface area (Å²) >= 11 is 0. The Morgan fingerprint density at radius 2 is 1.85 bits per heavy atom. The normalized spacial score (nSPS) is 14.5. The number of ether oxygens (including phenoxy) is 1. The van der Waals surface area contributed by atoms with Crippen molar-refractivity contribution in [1.29, 1.82) is 0 Å². The average Bonchev–Trinajstić information content (AvgIpc) is 2.03. The smallest absolute Gasteiger partial charge is 0.302 e. The molecule has 0 fully saturated rings.